The van der Waals surface area contributed by atoms with Gasteiger partial charge in [0.2, 0.25) is 6.29 Å². The van der Waals surface area contributed by atoms with Crippen molar-refractivity contribution in [3.05, 3.63) is 129 Å². The summed E-state index contributed by atoms with van der Waals surface area (Å²) >= 11 is 6.08. The first-order valence-electron chi connectivity index (χ1n) is 16.2. The summed E-state index contributed by atoms with van der Waals surface area (Å²) in [7, 11) is 0. The Balaban J connectivity index is 1.19. The van der Waals surface area contributed by atoms with Gasteiger partial charge in [-0.05, 0) is 109 Å². The van der Waals surface area contributed by atoms with Gasteiger partial charge >= 0.3 is 0 Å². The Morgan fingerprint density at radius 2 is 1.77 bits per heavy atom. The summed E-state index contributed by atoms with van der Waals surface area (Å²) in [5.74, 6) is -1.49. The van der Waals surface area contributed by atoms with E-state index in [4.69, 9.17) is 21.1 Å². The zero-order valence-electron chi connectivity index (χ0n) is 26.7. The SMILES string of the molecule is CCO[C@@H]1OC(C(=O)Nc2ccc(N3C(=O)c4ccc(Cl)cc4C3=O)c(C)c2)=C[C@H](c2cccc3c2Cc2ccccc2-3)[C@@H]1CCCO. The second-order valence-corrected chi connectivity index (χ2v) is 12.8. The molecule has 7 rings (SSSR count). The average Bonchev–Trinajstić information content (AvgIpc) is 3.58. The molecular weight excluding hydrogens is 628 g/mol. The minimum atomic E-state index is -0.691. The van der Waals surface area contributed by atoms with E-state index in [-0.39, 0.29) is 29.8 Å². The molecule has 0 fully saturated rings. The highest BCUT2D eigenvalue weighted by Gasteiger charge is 2.40. The first-order valence-corrected chi connectivity index (χ1v) is 16.6. The van der Waals surface area contributed by atoms with E-state index in [2.05, 4.69) is 47.8 Å². The van der Waals surface area contributed by atoms with Gasteiger partial charge in [-0.15, -0.1) is 0 Å². The number of carbonyl (C=O) groups is 3. The minimum Gasteiger partial charge on any atom is -0.459 e. The maximum Gasteiger partial charge on any atom is 0.290 e. The molecule has 0 unspecified atom stereocenters. The summed E-state index contributed by atoms with van der Waals surface area (Å²) in [6, 6.07) is 24.4. The van der Waals surface area contributed by atoms with E-state index in [0.717, 1.165) is 16.9 Å². The van der Waals surface area contributed by atoms with Crippen LogP contribution in [0.3, 0.4) is 0 Å². The number of nitrogens with one attached hydrogen (secondary N) is 1. The monoisotopic (exact) mass is 662 g/mol. The first-order chi connectivity index (χ1) is 23.3. The molecule has 48 heavy (non-hydrogen) atoms. The second kappa shape index (κ2) is 13.0. The number of nitrogens with zero attached hydrogens (tertiary/aromatic N) is 1. The molecule has 0 bridgehead atoms. The number of imide groups is 1. The van der Waals surface area contributed by atoms with Crippen molar-refractivity contribution in [2.45, 2.75) is 45.3 Å². The van der Waals surface area contributed by atoms with Crippen molar-refractivity contribution in [2.75, 3.05) is 23.4 Å². The summed E-state index contributed by atoms with van der Waals surface area (Å²) in [6.45, 7) is 4.11. The number of carbonyl (C=O) groups excluding carboxylic acids is 3. The zero-order valence-corrected chi connectivity index (χ0v) is 27.4. The number of anilines is 2. The molecule has 0 saturated carbocycles. The van der Waals surface area contributed by atoms with Crippen LogP contribution in [0.4, 0.5) is 11.4 Å². The smallest absolute Gasteiger partial charge is 0.290 e. The average molecular weight is 663 g/mol. The number of ether oxygens (including phenoxy) is 2. The maximum absolute atomic E-state index is 13.8. The first kappa shape index (κ1) is 31.8. The van der Waals surface area contributed by atoms with E-state index < -0.39 is 24.0 Å². The lowest BCUT2D eigenvalue weighted by atomic mass is 9.78. The molecule has 3 amide bonds. The van der Waals surface area contributed by atoms with Crippen LogP contribution < -0.4 is 10.2 Å². The predicted molar refractivity (Wildman–Crippen MR) is 184 cm³/mol. The predicted octanol–water partition coefficient (Wildman–Crippen LogP) is 7.41. The molecule has 4 aromatic carbocycles. The number of aliphatic hydroxyl groups excluding tert-OH is 1. The third-order valence-electron chi connectivity index (χ3n) is 9.43. The highest BCUT2D eigenvalue weighted by atomic mass is 35.5. The van der Waals surface area contributed by atoms with Gasteiger partial charge in [-0.2, -0.15) is 0 Å². The molecule has 244 valence electrons. The lowest BCUT2D eigenvalue weighted by molar-refractivity contribution is -0.165. The van der Waals surface area contributed by atoms with Gasteiger partial charge in [0.1, 0.15) is 0 Å². The molecule has 0 saturated heterocycles. The number of hydrogen-bond donors (Lipinski definition) is 2. The fourth-order valence-electron chi connectivity index (χ4n) is 7.22. The van der Waals surface area contributed by atoms with Crippen LogP contribution in [-0.2, 0) is 20.7 Å². The van der Waals surface area contributed by atoms with Gasteiger partial charge in [-0.1, -0.05) is 54.1 Å². The Labute approximate surface area is 283 Å². The number of hydrogen-bond acceptors (Lipinski definition) is 6. The highest BCUT2D eigenvalue weighted by Crippen LogP contribution is 2.46. The quantitative estimate of drug-likeness (QED) is 0.159. The van der Waals surface area contributed by atoms with Gasteiger partial charge in [-0.3, -0.25) is 14.4 Å². The number of allylic oxidation sites excluding steroid dienone is 1. The van der Waals surface area contributed by atoms with Gasteiger partial charge in [0.05, 0.1) is 16.8 Å². The van der Waals surface area contributed by atoms with Crippen LogP contribution in [0.25, 0.3) is 11.1 Å². The van der Waals surface area contributed by atoms with E-state index >= 15 is 0 Å². The van der Waals surface area contributed by atoms with E-state index in [9.17, 15) is 19.5 Å². The van der Waals surface area contributed by atoms with Crippen LogP contribution in [-0.4, -0.2) is 42.3 Å². The standard InChI is InChI=1S/C39H35ClN2O6/c1-3-47-39-30(12-7-17-43)32(28-11-6-10-27-26-9-5-4-8-23(26)19-31(27)28)21-35(48-39)36(44)41-25-14-16-34(22(2)18-25)42-37(45)29-15-13-24(40)20-33(29)38(42)46/h4-6,8-11,13-16,18,20-21,30,32,39,43H,3,7,12,17,19H2,1-2H3,(H,41,44)/t30-,32+,39+/m0/s1. The Kier molecular flexibility index (Phi) is 8.64. The van der Waals surface area contributed by atoms with Crippen LogP contribution in [0.1, 0.15) is 68.7 Å². The lowest BCUT2D eigenvalue weighted by Gasteiger charge is -2.37. The number of aryl methyl sites for hydroxylation is 1. The second-order valence-electron chi connectivity index (χ2n) is 12.3. The molecule has 8 nitrogen and oxygen atoms in total. The van der Waals surface area contributed by atoms with Crippen molar-refractivity contribution in [1.82, 2.24) is 0 Å². The van der Waals surface area contributed by atoms with E-state index in [1.54, 1.807) is 37.3 Å². The van der Waals surface area contributed by atoms with Crippen LogP contribution in [0, 0.1) is 12.8 Å². The summed E-state index contributed by atoms with van der Waals surface area (Å²) < 4.78 is 12.3. The largest absolute Gasteiger partial charge is 0.459 e. The number of halogens is 1. The van der Waals surface area contributed by atoms with Crippen molar-refractivity contribution in [3.63, 3.8) is 0 Å². The van der Waals surface area contributed by atoms with Crippen molar-refractivity contribution in [1.29, 1.82) is 0 Å². The molecule has 9 heteroatoms. The molecule has 0 aromatic heterocycles. The summed E-state index contributed by atoms with van der Waals surface area (Å²) in [5.41, 5.74) is 8.12. The Hall–Kier alpha value is -4.76. The van der Waals surface area contributed by atoms with Crippen molar-refractivity contribution in [2.24, 2.45) is 5.92 Å². The summed E-state index contributed by atoms with van der Waals surface area (Å²) in [4.78, 5) is 41.3. The fourth-order valence-corrected chi connectivity index (χ4v) is 7.40. The maximum atomic E-state index is 13.8. The lowest BCUT2D eigenvalue weighted by Crippen LogP contribution is -2.37. The van der Waals surface area contributed by atoms with Crippen molar-refractivity contribution < 1.29 is 29.0 Å². The van der Waals surface area contributed by atoms with E-state index in [1.807, 2.05) is 13.0 Å². The molecule has 0 radical (unpaired) electrons. The molecule has 4 aromatic rings. The molecule has 3 atom stereocenters. The summed E-state index contributed by atoms with van der Waals surface area (Å²) in [6.07, 6.45) is 3.22. The Bertz CT molecular complexity index is 1990. The fraction of sp³-hybridized carbons (Fsp3) is 0.256. The van der Waals surface area contributed by atoms with Crippen LogP contribution in [0.2, 0.25) is 5.02 Å². The molecular formula is C39H35ClN2O6. The Morgan fingerprint density at radius 3 is 2.56 bits per heavy atom. The number of rotatable bonds is 9. The molecule has 2 heterocycles. The van der Waals surface area contributed by atoms with Gasteiger partial charge in [0.15, 0.2) is 5.76 Å². The number of fused-ring (bicyclic) bond motifs is 4. The van der Waals surface area contributed by atoms with Crippen LogP contribution in [0.15, 0.2) is 90.7 Å². The van der Waals surface area contributed by atoms with Crippen LogP contribution >= 0.6 is 11.6 Å². The minimum absolute atomic E-state index is 0.0429. The molecule has 2 N–H and O–H groups in total. The molecule has 1 aliphatic carbocycles. The highest BCUT2D eigenvalue weighted by molar-refractivity contribution is 6.37. The van der Waals surface area contributed by atoms with Gasteiger partial charge in [0, 0.05) is 35.8 Å². The van der Waals surface area contributed by atoms with E-state index in [0.29, 0.717) is 47.0 Å². The van der Waals surface area contributed by atoms with Crippen molar-refractivity contribution in [3.8, 4) is 11.1 Å². The summed E-state index contributed by atoms with van der Waals surface area (Å²) in [5, 5.41) is 13.1. The number of aliphatic hydroxyl groups is 1. The van der Waals surface area contributed by atoms with Gasteiger partial charge in [-0.25, -0.2) is 4.90 Å². The zero-order chi connectivity index (χ0) is 33.5. The van der Waals surface area contributed by atoms with Gasteiger partial charge < -0.3 is 19.9 Å². The molecule has 3 aliphatic rings. The number of benzene rings is 4. The normalized spacial score (nSPS) is 19.4. The number of amides is 3. The Morgan fingerprint density at radius 1 is 0.979 bits per heavy atom. The third kappa shape index (κ3) is 5.60. The van der Waals surface area contributed by atoms with Gasteiger partial charge in [0.25, 0.3) is 17.7 Å². The topological polar surface area (TPSA) is 105 Å². The van der Waals surface area contributed by atoms with Crippen molar-refractivity contribution >= 4 is 40.7 Å². The van der Waals surface area contributed by atoms with E-state index in [1.165, 1.54) is 28.3 Å². The molecule has 0 spiro atoms. The van der Waals surface area contributed by atoms with Crippen LogP contribution in [0.5, 0.6) is 0 Å². The third-order valence-corrected chi connectivity index (χ3v) is 9.66. The molecule has 2 aliphatic heterocycles.